The quantitative estimate of drug-likeness (QED) is 0.179. The molecule has 0 amide bonds. The molecule has 0 aliphatic heterocycles. The van der Waals surface area contributed by atoms with E-state index in [0.29, 0.717) is 30.2 Å². The summed E-state index contributed by atoms with van der Waals surface area (Å²) in [6, 6.07) is 4.36. The molecule has 1 aromatic carbocycles. The second-order valence-electron chi connectivity index (χ2n) is 11.5. The van der Waals surface area contributed by atoms with E-state index in [1.807, 2.05) is 27.7 Å². The minimum atomic E-state index is -1.57. The van der Waals surface area contributed by atoms with Crippen molar-refractivity contribution in [2.24, 2.45) is 23.0 Å². The van der Waals surface area contributed by atoms with Gasteiger partial charge in [-0.15, -0.1) is 0 Å². The molecule has 0 heterocycles. The van der Waals surface area contributed by atoms with Crippen molar-refractivity contribution in [1.29, 1.82) is 0 Å². The van der Waals surface area contributed by atoms with Crippen molar-refractivity contribution in [3.8, 4) is 11.5 Å². The maximum Gasteiger partial charge on any atom is 0.513 e. The highest BCUT2D eigenvalue weighted by molar-refractivity contribution is 5.81. The van der Waals surface area contributed by atoms with E-state index < -0.39 is 35.2 Å². The zero-order valence-corrected chi connectivity index (χ0v) is 25.0. The highest BCUT2D eigenvalue weighted by atomic mass is 16.7. The second kappa shape index (κ2) is 16.1. The molecule has 1 aromatic rings. The van der Waals surface area contributed by atoms with E-state index in [1.165, 1.54) is 19.2 Å². The van der Waals surface area contributed by atoms with Crippen LogP contribution in [0.2, 0.25) is 0 Å². The fourth-order valence-corrected chi connectivity index (χ4v) is 3.19. The number of carbonyl (C=O) groups excluding carboxylic acids is 4. The number of methoxy groups -OCH3 is 1. The molecule has 11 nitrogen and oxygen atoms in total. The lowest BCUT2D eigenvalue weighted by Gasteiger charge is -2.27. The summed E-state index contributed by atoms with van der Waals surface area (Å²) in [7, 11) is 1.20. The number of ether oxygens (including phenoxy) is 6. The van der Waals surface area contributed by atoms with E-state index in [2.05, 4.69) is 0 Å². The Labute approximate surface area is 236 Å². The van der Waals surface area contributed by atoms with Gasteiger partial charge >= 0.3 is 24.2 Å². The molecule has 0 bridgehead atoms. The van der Waals surface area contributed by atoms with Crippen molar-refractivity contribution in [1.82, 2.24) is 0 Å². The van der Waals surface area contributed by atoms with Gasteiger partial charge in [-0.05, 0) is 63.1 Å². The van der Waals surface area contributed by atoms with Crippen molar-refractivity contribution in [3.05, 3.63) is 23.8 Å². The largest absolute Gasteiger partial charge is 0.513 e. The van der Waals surface area contributed by atoms with Gasteiger partial charge in [0, 0.05) is 12.8 Å². The van der Waals surface area contributed by atoms with Crippen molar-refractivity contribution in [3.63, 3.8) is 0 Å². The Hall–Kier alpha value is -3.34. The van der Waals surface area contributed by atoms with Crippen LogP contribution < -0.4 is 15.2 Å². The lowest BCUT2D eigenvalue weighted by Crippen LogP contribution is -2.51. The standard InChI is InChI=1S/C29H45NO10/c1-19(2)11-14-37-26(33)39-22-10-9-21(17-23(22)40-27(34)38-15-12-20(3)4)18-29(30,25(32)35-8)13-16-36-24(31)28(5,6)7/h9-10,17,19-20H,11-16,18,30H2,1-8H3/t29-/m1/s1. The Morgan fingerprint density at radius 2 is 1.30 bits per heavy atom. The Morgan fingerprint density at radius 1 is 0.775 bits per heavy atom. The third-order valence-electron chi connectivity index (χ3n) is 5.73. The Morgan fingerprint density at radius 3 is 1.77 bits per heavy atom. The van der Waals surface area contributed by atoms with Gasteiger partial charge in [0.15, 0.2) is 11.5 Å². The number of benzene rings is 1. The number of hydrogen-bond donors (Lipinski definition) is 1. The summed E-state index contributed by atoms with van der Waals surface area (Å²) >= 11 is 0. The van der Waals surface area contributed by atoms with Crippen LogP contribution in [0.15, 0.2) is 18.2 Å². The van der Waals surface area contributed by atoms with Crippen LogP contribution in [0.5, 0.6) is 11.5 Å². The molecule has 40 heavy (non-hydrogen) atoms. The third-order valence-corrected chi connectivity index (χ3v) is 5.73. The lowest BCUT2D eigenvalue weighted by molar-refractivity contribution is -0.156. The average molecular weight is 568 g/mol. The molecule has 0 aliphatic rings. The van der Waals surface area contributed by atoms with E-state index in [4.69, 9.17) is 34.2 Å². The topological polar surface area (TPSA) is 150 Å². The molecular weight excluding hydrogens is 522 g/mol. The normalized spacial score (nSPS) is 12.9. The minimum Gasteiger partial charge on any atom is -0.468 e. The van der Waals surface area contributed by atoms with Crippen LogP contribution in [0.1, 0.15) is 73.3 Å². The average Bonchev–Trinajstić information content (AvgIpc) is 2.83. The van der Waals surface area contributed by atoms with Gasteiger partial charge in [0.05, 0.1) is 32.3 Å². The van der Waals surface area contributed by atoms with Crippen LogP contribution in [0, 0.1) is 17.3 Å². The highest BCUT2D eigenvalue weighted by Gasteiger charge is 2.36. The monoisotopic (exact) mass is 567 g/mol. The molecule has 1 rings (SSSR count). The van der Waals surface area contributed by atoms with Crippen LogP contribution >= 0.6 is 0 Å². The van der Waals surface area contributed by atoms with Gasteiger partial charge in [0.25, 0.3) is 0 Å². The molecule has 0 saturated carbocycles. The van der Waals surface area contributed by atoms with E-state index in [9.17, 15) is 19.2 Å². The zero-order valence-electron chi connectivity index (χ0n) is 25.0. The minimum absolute atomic E-state index is 0.0324. The molecule has 0 aliphatic carbocycles. The maximum atomic E-state index is 12.6. The molecule has 2 N–H and O–H groups in total. The highest BCUT2D eigenvalue weighted by Crippen LogP contribution is 2.31. The van der Waals surface area contributed by atoms with Gasteiger partial charge in [-0.1, -0.05) is 33.8 Å². The molecule has 226 valence electrons. The zero-order chi connectivity index (χ0) is 30.5. The Balaban J connectivity index is 3.15. The smallest absolute Gasteiger partial charge is 0.468 e. The first-order valence-corrected chi connectivity index (χ1v) is 13.4. The van der Waals surface area contributed by atoms with E-state index >= 15 is 0 Å². The summed E-state index contributed by atoms with van der Waals surface area (Å²) < 4.78 is 31.0. The molecule has 1 atom stereocenters. The predicted octanol–water partition coefficient (Wildman–Crippen LogP) is 5.20. The van der Waals surface area contributed by atoms with E-state index in [-0.39, 0.29) is 44.2 Å². The number of esters is 2. The van der Waals surface area contributed by atoms with Gasteiger partial charge in [0.1, 0.15) is 5.54 Å². The number of rotatable bonds is 14. The number of hydrogen-bond acceptors (Lipinski definition) is 11. The first-order chi connectivity index (χ1) is 18.6. The van der Waals surface area contributed by atoms with E-state index in [0.717, 1.165) is 0 Å². The van der Waals surface area contributed by atoms with Gasteiger partial charge in [-0.3, -0.25) is 9.59 Å². The number of carbonyl (C=O) groups is 4. The van der Waals surface area contributed by atoms with Crippen molar-refractivity contribution < 1.29 is 47.6 Å². The molecule has 0 spiro atoms. The van der Waals surface area contributed by atoms with Crippen LogP contribution in [0.3, 0.4) is 0 Å². The molecule has 0 fully saturated rings. The SMILES string of the molecule is COC(=O)[C@@](N)(CCOC(=O)C(C)(C)C)Cc1ccc(OC(=O)OCCC(C)C)c(OC(=O)OCCC(C)C)c1. The van der Waals surface area contributed by atoms with Gasteiger partial charge in [-0.25, -0.2) is 9.59 Å². The fraction of sp³-hybridized carbons (Fsp3) is 0.655. The molecule has 0 saturated heterocycles. The fourth-order valence-electron chi connectivity index (χ4n) is 3.19. The summed E-state index contributed by atoms with van der Waals surface area (Å²) in [5, 5.41) is 0. The first kappa shape index (κ1) is 34.7. The summed E-state index contributed by atoms with van der Waals surface area (Å²) in [4.78, 5) is 49.3. The second-order valence-corrected chi connectivity index (χ2v) is 11.5. The van der Waals surface area contributed by atoms with Gasteiger partial charge in [-0.2, -0.15) is 0 Å². The summed E-state index contributed by atoms with van der Waals surface area (Å²) in [6.45, 7) is 13.3. The predicted molar refractivity (Wildman–Crippen MR) is 147 cm³/mol. The number of nitrogens with two attached hydrogens (primary N) is 1. The molecule has 0 unspecified atom stereocenters. The third kappa shape index (κ3) is 12.7. The van der Waals surface area contributed by atoms with Crippen LogP contribution in [-0.2, 0) is 35.0 Å². The van der Waals surface area contributed by atoms with Crippen LogP contribution in [0.4, 0.5) is 9.59 Å². The van der Waals surface area contributed by atoms with E-state index in [1.54, 1.807) is 26.8 Å². The van der Waals surface area contributed by atoms with Crippen LogP contribution in [0.25, 0.3) is 0 Å². The van der Waals surface area contributed by atoms with Crippen molar-refractivity contribution >= 4 is 24.2 Å². The molecule has 0 radical (unpaired) electrons. The summed E-state index contributed by atoms with van der Waals surface area (Å²) in [5.41, 5.74) is 4.59. The van der Waals surface area contributed by atoms with Gasteiger partial charge in [0.2, 0.25) is 0 Å². The summed E-state index contributed by atoms with van der Waals surface area (Å²) in [5.74, 6) is -0.723. The Bertz CT molecular complexity index is 999. The maximum absolute atomic E-state index is 12.6. The van der Waals surface area contributed by atoms with Gasteiger partial charge < -0.3 is 34.2 Å². The van der Waals surface area contributed by atoms with Crippen LogP contribution in [-0.4, -0.2) is 56.7 Å². The van der Waals surface area contributed by atoms with Crippen molar-refractivity contribution in [2.75, 3.05) is 26.9 Å². The van der Waals surface area contributed by atoms with Crippen molar-refractivity contribution in [2.45, 2.75) is 79.7 Å². The first-order valence-electron chi connectivity index (χ1n) is 13.4. The molecular formula is C29H45NO10. The summed E-state index contributed by atoms with van der Waals surface area (Å²) in [6.07, 6.45) is -0.766. The molecule has 0 aromatic heterocycles. The lowest BCUT2D eigenvalue weighted by atomic mass is 9.88. The molecule has 11 heteroatoms. The Kier molecular flexibility index (Phi) is 13.9.